The lowest BCUT2D eigenvalue weighted by Gasteiger charge is -2.41. The second kappa shape index (κ2) is 19.2. The number of thioether (sulfide) groups is 2. The molecule has 2 aromatic carbocycles. The van der Waals surface area contributed by atoms with Crippen molar-refractivity contribution in [2.45, 2.75) is 113 Å². The number of morpholine rings is 2. The highest BCUT2D eigenvalue weighted by atomic mass is 32.2. The van der Waals surface area contributed by atoms with E-state index in [2.05, 4.69) is 98.1 Å². The van der Waals surface area contributed by atoms with E-state index in [9.17, 15) is 10.5 Å². The second-order valence-electron chi connectivity index (χ2n) is 18.7. The van der Waals surface area contributed by atoms with E-state index in [0.717, 1.165) is 106 Å². The molecular formula is C51H59N7O5S2. The Morgan fingerprint density at radius 1 is 0.800 bits per heavy atom. The minimum absolute atomic E-state index is 0.0630. The van der Waals surface area contributed by atoms with Crippen LogP contribution in [-0.2, 0) is 64.3 Å². The van der Waals surface area contributed by atoms with E-state index in [-0.39, 0.29) is 17.8 Å². The molecule has 7 heterocycles. The summed E-state index contributed by atoms with van der Waals surface area (Å²) in [6, 6.07) is 20.0. The van der Waals surface area contributed by atoms with E-state index in [4.69, 9.17) is 33.7 Å². The van der Waals surface area contributed by atoms with Crippen LogP contribution in [0.25, 0.3) is 10.9 Å². The van der Waals surface area contributed by atoms with Crippen molar-refractivity contribution < 1.29 is 23.7 Å². The molecular weight excluding hydrogens is 855 g/mol. The van der Waals surface area contributed by atoms with Gasteiger partial charge in [0.2, 0.25) is 0 Å². The molecule has 0 spiro atoms. The molecule has 9 rings (SSSR count). The summed E-state index contributed by atoms with van der Waals surface area (Å²) in [4.78, 5) is 18.6. The fourth-order valence-electron chi connectivity index (χ4n) is 9.91. The Labute approximate surface area is 391 Å². The van der Waals surface area contributed by atoms with Crippen LogP contribution in [0.2, 0.25) is 0 Å². The smallest absolute Gasteiger partial charge is 0.135 e. The number of anilines is 2. The zero-order valence-electron chi connectivity index (χ0n) is 38.4. The van der Waals surface area contributed by atoms with Gasteiger partial charge < -0.3 is 38.5 Å². The topological polar surface area (TPSA) is 142 Å². The van der Waals surface area contributed by atoms with Crippen LogP contribution in [0.3, 0.4) is 0 Å². The molecule has 5 aromatic rings. The van der Waals surface area contributed by atoms with Crippen LogP contribution in [0.5, 0.6) is 5.75 Å². The standard InChI is InChI=1S/C51H59N7O5S2/c1-32-28-58(29-33(2)63-32)47-44-31-62-51(5,24-40(44)42(26-53)49(56-47)64-18-12-34-8-7-9-37(20-34)59-6)22-35-10-11-38-36(27-54-45(38)21-35)13-19-65-48-41(25-52)39-23-50(3,4)61-30-43(39)46(55-48)57-14-16-60-17-15-57/h7-11,20-21,27,32-33,54H,12-19,22-24,28-31H2,1-6H3. The number of fused-ring (bicyclic) bond motifs is 3. The first kappa shape index (κ1) is 45.4. The van der Waals surface area contributed by atoms with Crippen LogP contribution in [-0.4, -0.2) is 96.4 Å². The molecule has 3 unspecified atom stereocenters. The number of aromatic nitrogens is 3. The van der Waals surface area contributed by atoms with Gasteiger partial charge in [-0.15, -0.1) is 23.5 Å². The first-order valence-electron chi connectivity index (χ1n) is 22.8. The molecule has 1 N–H and O–H groups in total. The van der Waals surface area contributed by atoms with Crippen molar-refractivity contribution in [1.82, 2.24) is 15.0 Å². The van der Waals surface area contributed by atoms with Gasteiger partial charge in [-0.05, 0) is 93.5 Å². The van der Waals surface area contributed by atoms with Gasteiger partial charge in [-0.3, -0.25) is 0 Å². The van der Waals surface area contributed by atoms with Gasteiger partial charge in [-0.2, -0.15) is 10.5 Å². The molecule has 3 aromatic heterocycles. The Balaban J connectivity index is 0.926. The number of nitrogens with zero attached hydrogens (tertiary/aromatic N) is 6. The van der Waals surface area contributed by atoms with Crippen LogP contribution >= 0.6 is 23.5 Å². The zero-order valence-corrected chi connectivity index (χ0v) is 40.1. The maximum atomic E-state index is 10.8. The van der Waals surface area contributed by atoms with Crippen molar-refractivity contribution >= 4 is 46.1 Å². The van der Waals surface area contributed by atoms with Crippen molar-refractivity contribution in [2.75, 3.05) is 67.8 Å². The highest BCUT2D eigenvalue weighted by Gasteiger charge is 2.38. The Morgan fingerprint density at radius 2 is 1.46 bits per heavy atom. The van der Waals surface area contributed by atoms with Gasteiger partial charge >= 0.3 is 0 Å². The van der Waals surface area contributed by atoms with Crippen molar-refractivity contribution in [3.05, 3.63) is 98.7 Å². The third kappa shape index (κ3) is 9.85. The number of aromatic amines is 1. The minimum atomic E-state index is -0.535. The summed E-state index contributed by atoms with van der Waals surface area (Å²) >= 11 is 3.31. The van der Waals surface area contributed by atoms with E-state index < -0.39 is 5.60 Å². The van der Waals surface area contributed by atoms with Crippen molar-refractivity contribution in [3.8, 4) is 17.9 Å². The number of pyridine rings is 2. The zero-order chi connectivity index (χ0) is 45.3. The summed E-state index contributed by atoms with van der Waals surface area (Å²) in [5.41, 5.74) is 9.31. The molecule has 4 aliphatic heterocycles. The number of nitrogens with one attached hydrogen (secondary N) is 1. The van der Waals surface area contributed by atoms with E-state index in [0.29, 0.717) is 56.8 Å². The number of H-pyrrole nitrogens is 1. The van der Waals surface area contributed by atoms with Crippen molar-refractivity contribution in [2.24, 2.45) is 0 Å². The summed E-state index contributed by atoms with van der Waals surface area (Å²) in [7, 11) is 1.69. The lowest BCUT2D eigenvalue weighted by atomic mass is 9.84. The van der Waals surface area contributed by atoms with Gasteiger partial charge in [0.25, 0.3) is 0 Å². The normalized spacial score (nSPS) is 21.7. The fraction of sp³-hybridized carbons (Fsp3) is 0.490. The number of rotatable bonds is 13. The first-order valence-corrected chi connectivity index (χ1v) is 24.8. The van der Waals surface area contributed by atoms with Crippen molar-refractivity contribution in [3.63, 3.8) is 0 Å². The first-order chi connectivity index (χ1) is 31.4. The molecule has 340 valence electrons. The Kier molecular flexibility index (Phi) is 13.4. The summed E-state index contributed by atoms with van der Waals surface area (Å²) < 4.78 is 30.3. The van der Waals surface area contributed by atoms with Gasteiger partial charge in [0.05, 0.1) is 68.1 Å². The fourth-order valence-corrected chi connectivity index (χ4v) is 11.9. The van der Waals surface area contributed by atoms with E-state index in [1.165, 1.54) is 22.1 Å². The van der Waals surface area contributed by atoms with Crippen LogP contribution in [0.15, 0.2) is 58.7 Å². The molecule has 2 saturated heterocycles. The quantitative estimate of drug-likeness (QED) is 0.113. The monoisotopic (exact) mass is 913 g/mol. The minimum Gasteiger partial charge on any atom is -0.497 e. The summed E-state index contributed by atoms with van der Waals surface area (Å²) in [5.74, 6) is 4.25. The van der Waals surface area contributed by atoms with Crippen LogP contribution < -0.4 is 14.5 Å². The van der Waals surface area contributed by atoms with Crippen LogP contribution in [0.1, 0.15) is 84.7 Å². The molecule has 2 fully saturated rings. The molecule has 0 saturated carbocycles. The Bertz CT molecular complexity index is 2640. The lowest BCUT2D eigenvalue weighted by molar-refractivity contribution is -0.0539. The molecule has 12 nitrogen and oxygen atoms in total. The highest BCUT2D eigenvalue weighted by molar-refractivity contribution is 7.99. The van der Waals surface area contributed by atoms with Crippen molar-refractivity contribution in [1.29, 1.82) is 10.5 Å². The number of hydrogen-bond acceptors (Lipinski definition) is 13. The van der Waals surface area contributed by atoms with Gasteiger partial charge in [-0.25, -0.2) is 9.97 Å². The summed E-state index contributed by atoms with van der Waals surface area (Å²) in [6.07, 6.45) is 5.85. The predicted octanol–water partition coefficient (Wildman–Crippen LogP) is 8.76. The largest absolute Gasteiger partial charge is 0.497 e. The molecule has 0 amide bonds. The number of methoxy groups -OCH3 is 1. The summed E-state index contributed by atoms with van der Waals surface area (Å²) in [5, 5.41) is 24.0. The Hall–Kier alpha value is -4.80. The predicted molar refractivity (Wildman–Crippen MR) is 256 cm³/mol. The number of hydrogen-bond donors (Lipinski definition) is 1. The number of ether oxygens (including phenoxy) is 5. The summed E-state index contributed by atoms with van der Waals surface area (Å²) in [6.45, 7) is 15.7. The molecule has 14 heteroatoms. The molecule has 0 aliphatic carbocycles. The third-order valence-electron chi connectivity index (χ3n) is 13.1. The van der Waals surface area contributed by atoms with Crippen LogP contribution in [0, 0.1) is 22.7 Å². The maximum Gasteiger partial charge on any atom is 0.135 e. The third-order valence-corrected chi connectivity index (χ3v) is 15.0. The highest BCUT2D eigenvalue weighted by Crippen LogP contribution is 2.42. The number of aryl methyl sites for hydroxylation is 2. The molecule has 0 radical (unpaired) electrons. The number of nitriles is 2. The average molecular weight is 914 g/mol. The molecule has 0 bridgehead atoms. The van der Waals surface area contributed by atoms with Gasteiger partial charge in [0, 0.05) is 85.2 Å². The average Bonchev–Trinajstić information content (AvgIpc) is 3.69. The molecule has 4 aliphatic rings. The van der Waals surface area contributed by atoms with Gasteiger partial charge in [0.15, 0.2) is 0 Å². The Morgan fingerprint density at radius 3 is 2.15 bits per heavy atom. The molecule has 65 heavy (non-hydrogen) atoms. The van der Waals surface area contributed by atoms with E-state index in [1.807, 2.05) is 12.1 Å². The lowest BCUT2D eigenvalue weighted by Crippen LogP contribution is -2.47. The maximum absolute atomic E-state index is 10.8. The van der Waals surface area contributed by atoms with Crippen LogP contribution in [0.4, 0.5) is 11.6 Å². The SMILES string of the molecule is COc1cccc(CCSc2nc(N3CC(C)OC(C)C3)c3c(c2C#N)CC(C)(Cc2ccc4c(CCSc5nc(N6CCOCC6)c6c(c5C#N)CC(C)(C)OC6)c[nH]c4c2)OC3)c1. The molecule has 3 atom stereocenters. The van der Waals surface area contributed by atoms with E-state index in [1.54, 1.807) is 30.6 Å². The number of benzene rings is 2. The van der Waals surface area contributed by atoms with E-state index >= 15 is 0 Å². The van der Waals surface area contributed by atoms with Gasteiger partial charge in [0.1, 0.15) is 39.6 Å². The second-order valence-corrected chi connectivity index (χ2v) is 20.9. The van der Waals surface area contributed by atoms with Gasteiger partial charge in [-0.1, -0.05) is 24.3 Å².